The number of esters is 1. The molecule has 3 heterocycles. The molecule has 1 aromatic carbocycles. The van der Waals surface area contributed by atoms with Crippen LogP contribution in [-0.2, 0) is 19.0 Å². The molecule has 3 aliphatic heterocycles. The molecule has 0 N–H and O–H groups in total. The van der Waals surface area contributed by atoms with Gasteiger partial charge in [0, 0.05) is 13.1 Å². The number of piperidine rings is 1. The molecular formula is C24H33NO5. The van der Waals surface area contributed by atoms with Crippen molar-refractivity contribution in [3.05, 3.63) is 35.4 Å². The Bertz CT molecular complexity index is 763. The van der Waals surface area contributed by atoms with E-state index < -0.39 is 0 Å². The monoisotopic (exact) mass is 415 g/mol. The topological polar surface area (TPSA) is 65.1 Å². The van der Waals surface area contributed by atoms with Gasteiger partial charge in [0.1, 0.15) is 0 Å². The van der Waals surface area contributed by atoms with Crippen molar-refractivity contribution >= 4 is 11.9 Å². The Morgan fingerprint density at radius 2 is 1.87 bits per heavy atom. The molecule has 1 unspecified atom stereocenters. The number of fused-ring (bicyclic) bond motifs is 2. The van der Waals surface area contributed by atoms with Gasteiger partial charge in [0.05, 0.1) is 43.5 Å². The standard InChI is InChI=1S/C24H33NO5/c1-17(29-16-24-11-7-19(30-24)8-12-24)15-22(26)25-13-9-18(10-14-25)20-5-3-4-6-21(20)23(27)28-2/h3-6,17-19H,7-16H2,1-2H3. The van der Waals surface area contributed by atoms with E-state index in [1.807, 2.05) is 36.1 Å². The van der Waals surface area contributed by atoms with Gasteiger partial charge < -0.3 is 19.1 Å². The lowest BCUT2D eigenvalue weighted by atomic mass is 9.86. The van der Waals surface area contributed by atoms with Gasteiger partial charge in [-0.1, -0.05) is 18.2 Å². The van der Waals surface area contributed by atoms with Crippen LogP contribution < -0.4 is 0 Å². The minimum Gasteiger partial charge on any atom is -0.465 e. The first-order valence-electron chi connectivity index (χ1n) is 11.2. The van der Waals surface area contributed by atoms with Gasteiger partial charge in [-0.25, -0.2) is 4.79 Å². The first-order valence-corrected chi connectivity index (χ1v) is 11.2. The number of rotatable bonds is 7. The second-order valence-electron chi connectivity index (χ2n) is 9.06. The third-order valence-corrected chi connectivity index (χ3v) is 7.01. The van der Waals surface area contributed by atoms with Crippen LogP contribution in [0.4, 0.5) is 0 Å². The average Bonchev–Trinajstić information content (AvgIpc) is 3.39. The van der Waals surface area contributed by atoms with E-state index in [9.17, 15) is 9.59 Å². The molecule has 1 atom stereocenters. The number of carbonyl (C=O) groups is 2. The van der Waals surface area contributed by atoms with Crippen LogP contribution in [0.15, 0.2) is 24.3 Å². The molecule has 164 valence electrons. The number of hydrogen-bond acceptors (Lipinski definition) is 5. The van der Waals surface area contributed by atoms with Gasteiger partial charge in [-0.15, -0.1) is 0 Å². The predicted molar refractivity (Wildman–Crippen MR) is 112 cm³/mol. The van der Waals surface area contributed by atoms with Gasteiger partial charge in [0.15, 0.2) is 0 Å². The molecule has 0 aliphatic carbocycles. The molecule has 3 aliphatic rings. The van der Waals surface area contributed by atoms with Crippen molar-refractivity contribution in [3.63, 3.8) is 0 Å². The lowest BCUT2D eigenvalue weighted by Crippen LogP contribution is -2.40. The predicted octanol–water partition coefficient (Wildman–Crippen LogP) is 3.69. The number of amides is 1. The van der Waals surface area contributed by atoms with Crippen LogP contribution in [0.3, 0.4) is 0 Å². The molecular weight excluding hydrogens is 382 g/mol. The van der Waals surface area contributed by atoms with Gasteiger partial charge in [0.2, 0.25) is 5.91 Å². The molecule has 6 heteroatoms. The van der Waals surface area contributed by atoms with Crippen LogP contribution in [-0.4, -0.2) is 61.4 Å². The Balaban J connectivity index is 1.25. The Labute approximate surface area is 178 Å². The second-order valence-corrected chi connectivity index (χ2v) is 9.06. The lowest BCUT2D eigenvalue weighted by Gasteiger charge is -2.33. The molecule has 0 radical (unpaired) electrons. The maximum absolute atomic E-state index is 12.8. The van der Waals surface area contributed by atoms with Crippen LogP contribution in [0.1, 0.15) is 73.7 Å². The Morgan fingerprint density at radius 3 is 2.50 bits per heavy atom. The van der Waals surface area contributed by atoms with E-state index in [1.165, 1.54) is 7.11 Å². The van der Waals surface area contributed by atoms with E-state index in [4.69, 9.17) is 14.2 Å². The SMILES string of the molecule is COC(=O)c1ccccc1C1CCN(C(=O)CC(C)OCC23CCC(CC2)O3)CC1. The lowest BCUT2D eigenvalue weighted by molar-refractivity contribution is -0.137. The van der Waals surface area contributed by atoms with Crippen molar-refractivity contribution in [1.29, 1.82) is 0 Å². The maximum Gasteiger partial charge on any atom is 0.338 e. The van der Waals surface area contributed by atoms with E-state index >= 15 is 0 Å². The quantitative estimate of drug-likeness (QED) is 0.636. The maximum atomic E-state index is 12.8. The minimum absolute atomic E-state index is 0.0899. The summed E-state index contributed by atoms with van der Waals surface area (Å²) in [4.78, 5) is 26.8. The van der Waals surface area contributed by atoms with E-state index in [0.29, 0.717) is 37.8 Å². The van der Waals surface area contributed by atoms with Gasteiger partial charge in [-0.3, -0.25) is 4.79 Å². The fourth-order valence-electron chi connectivity index (χ4n) is 5.20. The molecule has 3 fully saturated rings. The van der Waals surface area contributed by atoms with Crippen molar-refractivity contribution in [2.45, 2.75) is 75.6 Å². The number of nitrogens with zero attached hydrogens (tertiary/aromatic N) is 1. The van der Waals surface area contributed by atoms with Gasteiger partial charge in [-0.2, -0.15) is 0 Å². The summed E-state index contributed by atoms with van der Waals surface area (Å²) in [5.41, 5.74) is 1.57. The van der Waals surface area contributed by atoms with Gasteiger partial charge >= 0.3 is 5.97 Å². The van der Waals surface area contributed by atoms with Crippen molar-refractivity contribution in [2.75, 3.05) is 26.8 Å². The van der Waals surface area contributed by atoms with E-state index in [-0.39, 0.29) is 29.5 Å². The zero-order chi connectivity index (χ0) is 21.1. The average molecular weight is 416 g/mol. The van der Waals surface area contributed by atoms with Crippen molar-refractivity contribution in [3.8, 4) is 0 Å². The molecule has 2 bridgehead atoms. The zero-order valence-electron chi connectivity index (χ0n) is 18.1. The van der Waals surface area contributed by atoms with Crippen LogP contribution >= 0.6 is 0 Å². The number of hydrogen-bond donors (Lipinski definition) is 0. The number of methoxy groups -OCH3 is 1. The number of likely N-dealkylation sites (tertiary alicyclic amines) is 1. The first kappa shape index (κ1) is 21.3. The van der Waals surface area contributed by atoms with E-state index in [0.717, 1.165) is 44.1 Å². The molecule has 3 saturated heterocycles. The molecule has 4 rings (SSSR count). The summed E-state index contributed by atoms with van der Waals surface area (Å²) < 4.78 is 17.0. The number of ether oxygens (including phenoxy) is 3. The third-order valence-electron chi connectivity index (χ3n) is 7.01. The fourth-order valence-corrected chi connectivity index (χ4v) is 5.20. The van der Waals surface area contributed by atoms with E-state index in [1.54, 1.807) is 0 Å². The highest BCUT2D eigenvalue weighted by atomic mass is 16.6. The summed E-state index contributed by atoms with van der Waals surface area (Å²) in [6.07, 6.45) is 6.89. The summed E-state index contributed by atoms with van der Waals surface area (Å²) in [6, 6.07) is 7.64. The Kier molecular flexibility index (Phi) is 6.44. The second kappa shape index (κ2) is 9.06. The highest BCUT2D eigenvalue weighted by Gasteiger charge is 2.46. The Morgan fingerprint density at radius 1 is 1.17 bits per heavy atom. The molecule has 0 spiro atoms. The van der Waals surface area contributed by atoms with Crippen LogP contribution in [0.2, 0.25) is 0 Å². The van der Waals surface area contributed by atoms with Crippen LogP contribution in [0.25, 0.3) is 0 Å². The summed E-state index contributed by atoms with van der Waals surface area (Å²) >= 11 is 0. The third kappa shape index (κ3) is 4.54. The summed E-state index contributed by atoms with van der Waals surface area (Å²) in [5.74, 6) is 0.123. The van der Waals surface area contributed by atoms with Gasteiger partial charge in [-0.05, 0) is 63.0 Å². The molecule has 30 heavy (non-hydrogen) atoms. The minimum atomic E-state index is -0.297. The number of carbonyl (C=O) groups excluding carboxylic acids is 2. The van der Waals surface area contributed by atoms with Crippen molar-refractivity contribution < 1.29 is 23.8 Å². The normalized spacial score (nSPS) is 27.3. The van der Waals surface area contributed by atoms with Gasteiger partial charge in [0.25, 0.3) is 0 Å². The van der Waals surface area contributed by atoms with Crippen LogP contribution in [0, 0.1) is 0 Å². The highest BCUT2D eigenvalue weighted by molar-refractivity contribution is 5.91. The summed E-state index contributed by atoms with van der Waals surface area (Å²) in [7, 11) is 1.41. The number of benzene rings is 1. The molecule has 0 aromatic heterocycles. The molecule has 1 aromatic rings. The summed E-state index contributed by atoms with van der Waals surface area (Å²) in [5, 5.41) is 0. The largest absolute Gasteiger partial charge is 0.465 e. The Hall–Kier alpha value is -1.92. The molecule has 1 amide bonds. The first-order chi connectivity index (χ1) is 14.5. The fraction of sp³-hybridized carbons (Fsp3) is 0.667. The van der Waals surface area contributed by atoms with E-state index in [2.05, 4.69) is 0 Å². The molecule has 6 nitrogen and oxygen atoms in total. The van der Waals surface area contributed by atoms with Crippen molar-refractivity contribution in [1.82, 2.24) is 4.90 Å². The molecule has 0 saturated carbocycles. The van der Waals surface area contributed by atoms with Crippen molar-refractivity contribution in [2.24, 2.45) is 0 Å². The summed E-state index contributed by atoms with van der Waals surface area (Å²) in [6.45, 7) is 4.00. The highest BCUT2D eigenvalue weighted by Crippen LogP contribution is 2.43. The zero-order valence-corrected chi connectivity index (χ0v) is 18.1. The van der Waals surface area contributed by atoms with Crippen LogP contribution in [0.5, 0.6) is 0 Å². The smallest absolute Gasteiger partial charge is 0.338 e.